The minimum Gasteiger partial charge on any atom is -0.383 e. The Labute approximate surface area is 169 Å². The van der Waals surface area contributed by atoms with Gasteiger partial charge in [0, 0.05) is 13.2 Å². The third kappa shape index (κ3) is 5.35. The predicted octanol–water partition coefficient (Wildman–Crippen LogP) is 3.34. The minimum absolute atomic E-state index is 0.0405. The smallest absolute Gasteiger partial charge is 0.264 e. The second-order valence-corrected chi connectivity index (χ2v) is 8.47. The second-order valence-electron chi connectivity index (χ2n) is 5.82. The lowest BCUT2D eigenvalue weighted by Gasteiger charge is -2.26. The molecule has 0 saturated carbocycles. The average Bonchev–Trinajstić information content (AvgIpc) is 2.63. The molecule has 0 aliphatic rings. The summed E-state index contributed by atoms with van der Waals surface area (Å²) in [6.45, 7) is 1.60. The number of carbonyl (C=O) groups is 1. The van der Waals surface area contributed by atoms with Crippen LogP contribution in [0.15, 0.2) is 53.4 Å². The van der Waals surface area contributed by atoms with Gasteiger partial charge in [-0.1, -0.05) is 47.5 Å². The van der Waals surface area contributed by atoms with Crippen molar-refractivity contribution >= 4 is 44.8 Å². The van der Waals surface area contributed by atoms with Crippen molar-refractivity contribution in [3.8, 4) is 0 Å². The van der Waals surface area contributed by atoms with Crippen molar-refractivity contribution in [2.45, 2.75) is 17.9 Å². The first-order chi connectivity index (χ1) is 12.8. The lowest BCUT2D eigenvalue weighted by molar-refractivity contribution is -0.120. The maximum atomic E-state index is 13.2. The highest BCUT2D eigenvalue weighted by Crippen LogP contribution is 2.35. The number of amides is 1. The highest BCUT2D eigenvalue weighted by atomic mass is 35.5. The zero-order chi connectivity index (χ0) is 20.0. The van der Waals surface area contributed by atoms with Gasteiger partial charge in [0.05, 0.1) is 27.2 Å². The molecule has 2 aromatic carbocycles. The van der Waals surface area contributed by atoms with E-state index in [1.807, 2.05) is 0 Å². The molecule has 2 aromatic rings. The van der Waals surface area contributed by atoms with Crippen LogP contribution in [0.5, 0.6) is 0 Å². The monoisotopic (exact) mass is 430 g/mol. The van der Waals surface area contributed by atoms with Gasteiger partial charge in [0.1, 0.15) is 6.54 Å². The summed E-state index contributed by atoms with van der Waals surface area (Å²) in [6, 6.07) is 12.1. The lowest BCUT2D eigenvalue weighted by Crippen LogP contribution is -2.44. The van der Waals surface area contributed by atoms with Crippen molar-refractivity contribution in [3.63, 3.8) is 0 Å². The molecule has 27 heavy (non-hydrogen) atoms. The van der Waals surface area contributed by atoms with Gasteiger partial charge in [-0.15, -0.1) is 0 Å². The summed E-state index contributed by atoms with van der Waals surface area (Å²) in [6.07, 6.45) is 0. The number of nitrogens with zero attached hydrogens (tertiary/aromatic N) is 1. The molecule has 0 unspecified atom stereocenters. The summed E-state index contributed by atoms with van der Waals surface area (Å²) >= 11 is 12.3. The van der Waals surface area contributed by atoms with Crippen LogP contribution >= 0.6 is 23.2 Å². The van der Waals surface area contributed by atoms with Gasteiger partial charge >= 0.3 is 0 Å². The number of halogens is 2. The number of nitrogens with one attached hydrogen (secondary N) is 1. The molecular weight excluding hydrogens is 411 g/mol. The summed E-state index contributed by atoms with van der Waals surface area (Å²) in [4.78, 5) is 12.5. The Morgan fingerprint density at radius 2 is 1.81 bits per heavy atom. The van der Waals surface area contributed by atoms with E-state index in [4.69, 9.17) is 27.9 Å². The van der Waals surface area contributed by atoms with E-state index in [1.54, 1.807) is 37.3 Å². The molecule has 0 aromatic heterocycles. The van der Waals surface area contributed by atoms with Crippen molar-refractivity contribution in [3.05, 3.63) is 58.6 Å². The number of hydrogen-bond acceptors (Lipinski definition) is 4. The van der Waals surface area contributed by atoms with Gasteiger partial charge in [-0.3, -0.25) is 9.10 Å². The van der Waals surface area contributed by atoms with E-state index in [9.17, 15) is 13.2 Å². The van der Waals surface area contributed by atoms with Gasteiger partial charge in [0.15, 0.2) is 0 Å². The Kier molecular flexibility index (Phi) is 7.49. The van der Waals surface area contributed by atoms with Crippen LogP contribution in [0.4, 0.5) is 5.69 Å². The number of anilines is 1. The van der Waals surface area contributed by atoms with Gasteiger partial charge in [0.2, 0.25) is 5.91 Å². The van der Waals surface area contributed by atoms with Gasteiger partial charge in [-0.2, -0.15) is 0 Å². The number of hydrogen-bond donors (Lipinski definition) is 1. The molecule has 0 aliphatic carbocycles. The first-order valence-corrected chi connectivity index (χ1v) is 10.3. The Balaban J connectivity index is 2.43. The van der Waals surface area contributed by atoms with E-state index in [2.05, 4.69) is 5.32 Å². The molecule has 6 nitrogen and oxygen atoms in total. The molecule has 9 heteroatoms. The number of carbonyl (C=O) groups excluding carboxylic acids is 1. The number of methoxy groups -OCH3 is 1. The molecule has 1 N–H and O–H groups in total. The Hall–Kier alpha value is -1.80. The number of ether oxygens (including phenoxy) is 1. The van der Waals surface area contributed by atoms with E-state index < -0.39 is 22.5 Å². The van der Waals surface area contributed by atoms with E-state index in [-0.39, 0.29) is 26.7 Å². The quantitative estimate of drug-likeness (QED) is 0.696. The van der Waals surface area contributed by atoms with Crippen molar-refractivity contribution in [1.82, 2.24) is 5.32 Å². The van der Waals surface area contributed by atoms with Crippen LogP contribution in [0.1, 0.15) is 6.92 Å². The summed E-state index contributed by atoms with van der Waals surface area (Å²) < 4.78 is 32.3. The first kappa shape index (κ1) is 21.5. The highest BCUT2D eigenvalue weighted by molar-refractivity contribution is 7.92. The molecule has 0 fully saturated rings. The van der Waals surface area contributed by atoms with Crippen LogP contribution in [0.3, 0.4) is 0 Å². The van der Waals surface area contributed by atoms with Crippen molar-refractivity contribution < 1.29 is 17.9 Å². The third-order valence-electron chi connectivity index (χ3n) is 3.64. The molecule has 1 atom stereocenters. The molecule has 1 amide bonds. The maximum Gasteiger partial charge on any atom is 0.264 e. The maximum absolute atomic E-state index is 13.2. The van der Waals surface area contributed by atoms with Crippen molar-refractivity contribution in [1.29, 1.82) is 0 Å². The standard InChI is InChI=1S/C18H20Cl2N2O4S/c1-13(12-26-2)21-17(23)11-22(16-10-6-9-15(19)18(16)20)27(24,25)14-7-4-3-5-8-14/h3-10,13H,11-12H2,1-2H3,(H,21,23)/t13-/m1/s1. The normalized spacial score (nSPS) is 12.4. The molecule has 146 valence electrons. The fourth-order valence-corrected chi connectivity index (χ4v) is 4.35. The van der Waals surface area contributed by atoms with E-state index >= 15 is 0 Å². The number of rotatable bonds is 8. The van der Waals surface area contributed by atoms with Crippen molar-refractivity contribution in [2.24, 2.45) is 0 Å². The van der Waals surface area contributed by atoms with E-state index in [0.29, 0.717) is 6.61 Å². The zero-order valence-electron chi connectivity index (χ0n) is 14.9. The Morgan fingerprint density at radius 1 is 1.15 bits per heavy atom. The van der Waals surface area contributed by atoms with E-state index in [1.165, 1.54) is 25.3 Å². The molecule has 0 aliphatic heterocycles. The molecular formula is C18H20Cl2N2O4S. The van der Waals surface area contributed by atoms with Crippen LogP contribution in [-0.2, 0) is 19.6 Å². The van der Waals surface area contributed by atoms with Crippen LogP contribution in [0.25, 0.3) is 0 Å². The summed E-state index contributed by atoms with van der Waals surface area (Å²) in [7, 11) is -2.52. The van der Waals surface area contributed by atoms with Crippen LogP contribution in [-0.4, -0.2) is 40.6 Å². The number of benzene rings is 2. The van der Waals surface area contributed by atoms with E-state index in [0.717, 1.165) is 4.31 Å². The van der Waals surface area contributed by atoms with Crippen molar-refractivity contribution in [2.75, 3.05) is 24.6 Å². The fraction of sp³-hybridized carbons (Fsp3) is 0.278. The van der Waals surface area contributed by atoms with Gasteiger partial charge in [-0.05, 0) is 31.2 Å². The predicted molar refractivity (Wildman–Crippen MR) is 107 cm³/mol. The molecule has 2 rings (SSSR count). The summed E-state index contributed by atoms with van der Waals surface area (Å²) in [5, 5.41) is 2.94. The molecule has 0 heterocycles. The highest BCUT2D eigenvalue weighted by Gasteiger charge is 2.29. The molecule has 0 saturated heterocycles. The second kappa shape index (κ2) is 9.41. The fourth-order valence-electron chi connectivity index (χ4n) is 2.45. The first-order valence-electron chi connectivity index (χ1n) is 8.07. The Morgan fingerprint density at radius 3 is 2.44 bits per heavy atom. The summed E-state index contributed by atoms with van der Waals surface area (Å²) in [5.41, 5.74) is 0.127. The summed E-state index contributed by atoms with van der Waals surface area (Å²) in [5.74, 6) is -0.491. The Bertz CT molecular complexity index is 891. The molecule has 0 radical (unpaired) electrons. The van der Waals surface area contributed by atoms with Crippen LogP contribution in [0.2, 0.25) is 10.0 Å². The van der Waals surface area contributed by atoms with Gasteiger partial charge in [-0.25, -0.2) is 8.42 Å². The largest absolute Gasteiger partial charge is 0.383 e. The van der Waals surface area contributed by atoms with Gasteiger partial charge in [0.25, 0.3) is 10.0 Å². The minimum atomic E-state index is -4.04. The lowest BCUT2D eigenvalue weighted by atomic mass is 10.3. The average molecular weight is 431 g/mol. The van der Waals surface area contributed by atoms with Crippen LogP contribution in [0, 0.1) is 0 Å². The van der Waals surface area contributed by atoms with Gasteiger partial charge < -0.3 is 10.1 Å². The molecule has 0 bridgehead atoms. The SMILES string of the molecule is COC[C@@H](C)NC(=O)CN(c1cccc(Cl)c1Cl)S(=O)(=O)c1ccccc1. The van der Waals surface area contributed by atoms with Crippen LogP contribution < -0.4 is 9.62 Å². The zero-order valence-corrected chi connectivity index (χ0v) is 17.2. The number of sulfonamides is 1. The molecule has 0 spiro atoms. The third-order valence-corrected chi connectivity index (χ3v) is 6.23. The topological polar surface area (TPSA) is 75.7 Å².